The Kier molecular flexibility index (Phi) is 6.75. The Labute approximate surface area is 122 Å². The summed E-state index contributed by atoms with van der Waals surface area (Å²) in [5, 5.41) is 0. The van der Waals surface area contributed by atoms with Gasteiger partial charge in [0.1, 0.15) is 16.3 Å². The monoisotopic (exact) mass is 304 g/mol. The van der Waals surface area contributed by atoms with Gasteiger partial charge in [0.2, 0.25) is 0 Å². The summed E-state index contributed by atoms with van der Waals surface area (Å²) in [6.45, 7) is 4.22. The zero-order chi connectivity index (χ0) is 15.2. The number of hydrogen-bond acceptors (Lipinski definition) is 1. The molecule has 1 aromatic rings. The van der Waals surface area contributed by atoms with E-state index < -0.39 is 17.5 Å². The van der Waals surface area contributed by atoms with Crippen LogP contribution in [-0.4, -0.2) is 16.1 Å². The molecule has 0 atom stereocenters. The third-order valence-corrected chi connectivity index (χ3v) is 5.01. The number of rotatable bonds is 8. The fourth-order valence-corrected chi connectivity index (χ4v) is 3.29. The van der Waals surface area contributed by atoms with E-state index in [4.69, 9.17) is 4.43 Å². The minimum absolute atomic E-state index is 0.0567. The van der Waals surface area contributed by atoms with E-state index in [0.717, 1.165) is 38.2 Å². The predicted molar refractivity (Wildman–Crippen MR) is 78.2 cm³/mol. The molecule has 0 saturated heterocycles. The Bertz CT molecular complexity index is 425. The van der Waals surface area contributed by atoms with Crippen molar-refractivity contribution in [1.82, 2.24) is 0 Å². The van der Waals surface area contributed by atoms with Crippen molar-refractivity contribution in [3.8, 4) is 0 Å². The molecule has 0 heterocycles. The minimum atomic E-state index is -1.13. The van der Waals surface area contributed by atoms with E-state index in [1.165, 1.54) is 0 Å². The van der Waals surface area contributed by atoms with Gasteiger partial charge in [-0.2, -0.15) is 0 Å². The summed E-state index contributed by atoms with van der Waals surface area (Å²) in [6, 6.07) is 1.58. The molecule has 0 radical (unpaired) electrons. The van der Waals surface area contributed by atoms with Crippen LogP contribution in [0.15, 0.2) is 12.1 Å². The van der Waals surface area contributed by atoms with Crippen LogP contribution >= 0.6 is 0 Å². The van der Waals surface area contributed by atoms with Crippen molar-refractivity contribution in [2.45, 2.75) is 58.0 Å². The molecule has 0 aromatic heterocycles. The molecule has 0 aliphatic rings. The van der Waals surface area contributed by atoms with Gasteiger partial charge in [-0.05, 0) is 43.7 Å². The zero-order valence-electron chi connectivity index (χ0n) is 12.4. The zero-order valence-corrected chi connectivity index (χ0v) is 14.4. The Morgan fingerprint density at radius 3 is 2.15 bits per heavy atom. The molecule has 0 saturated carbocycles. The molecule has 0 amide bonds. The van der Waals surface area contributed by atoms with E-state index in [2.05, 4.69) is 13.8 Å². The first-order chi connectivity index (χ1) is 9.48. The largest absolute Gasteiger partial charge is 0.422 e. The fourth-order valence-electron chi connectivity index (χ4n) is 2.51. The third-order valence-electron chi connectivity index (χ3n) is 4.14. The van der Waals surface area contributed by atoms with E-state index in [1.807, 2.05) is 0 Å². The maximum Gasteiger partial charge on any atom is 0.161 e. The van der Waals surface area contributed by atoms with Gasteiger partial charge in [-0.25, -0.2) is 13.2 Å². The van der Waals surface area contributed by atoms with E-state index in [9.17, 15) is 13.2 Å². The van der Waals surface area contributed by atoms with Crippen molar-refractivity contribution >= 4 is 10.5 Å². The summed E-state index contributed by atoms with van der Waals surface area (Å²) in [5.74, 6) is -2.78. The summed E-state index contributed by atoms with van der Waals surface area (Å²) in [6.07, 6.45) is 4.92. The van der Waals surface area contributed by atoms with E-state index >= 15 is 0 Å². The Morgan fingerprint density at radius 1 is 1.00 bits per heavy atom. The average molecular weight is 304 g/mol. The SMILES string of the molecule is CCC(CC)(CCCCc1cc(F)c(F)cc1F)O[SiH3]. The van der Waals surface area contributed by atoms with Crippen molar-refractivity contribution in [2.24, 2.45) is 0 Å². The van der Waals surface area contributed by atoms with Crippen molar-refractivity contribution in [1.29, 1.82) is 0 Å². The van der Waals surface area contributed by atoms with Gasteiger partial charge in [0, 0.05) is 6.07 Å². The highest BCUT2D eigenvalue weighted by Crippen LogP contribution is 2.26. The van der Waals surface area contributed by atoms with Crippen LogP contribution in [0.5, 0.6) is 0 Å². The fraction of sp³-hybridized carbons (Fsp3) is 0.600. The first-order valence-corrected chi connectivity index (χ1v) is 7.98. The summed E-state index contributed by atoms with van der Waals surface area (Å²) in [4.78, 5) is 0. The number of benzene rings is 1. The van der Waals surface area contributed by atoms with Gasteiger partial charge in [-0.15, -0.1) is 0 Å². The van der Waals surface area contributed by atoms with Gasteiger partial charge in [-0.3, -0.25) is 0 Å². The second kappa shape index (κ2) is 7.83. The highest BCUT2D eigenvalue weighted by molar-refractivity contribution is 5.98. The second-order valence-corrected chi connectivity index (χ2v) is 5.57. The summed E-state index contributed by atoms with van der Waals surface area (Å²) < 4.78 is 45.0. The smallest absolute Gasteiger partial charge is 0.161 e. The van der Waals surface area contributed by atoms with Crippen molar-refractivity contribution in [2.75, 3.05) is 0 Å². The van der Waals surface area contributed by atoms with Crippen LogP contribution in [-0.2, 0) is 10.8 Å². The maximum atomic E-state index is 13.5. The molecule has 0 N–H and O–H groups in total. The lowest BCUT2D eigenvalue weighted by Gasteiger charge is -2.31. The Hall–Kier alpha value is -0.813. The molecule has 1 nitrogen and oxygen atoms in total. The summed E-state index contributed by atoms with van der Waals surface area (Å²) in [7, 11) is 0.704. The highest BCUT2D eigenvalue weighted by Gasteiger charge is 2.23. The summed E-state index contributed by atoms with van der Waals surface area (Å²) >= 11 is 0. The number of unbranched alkanes of at least 4 members (excludes halogenated alkanes) is 1. The van der Waals surface area contributed by atoms with Crippen LogP contribution in [0.3, 0.4) is 0 Å². The first kappa shape index (κ1) is 17.2. The molecule has 0 aliphatic carbocycles. The van der Waals surface area contributed by atoms with E-state index in [-0.39, 0.29) is 11.2 Å². The molecule has 114 valence electrons. The number of halogens is 3. The van der Waals surface area contributed by atoms with Crippen LogP contribution in [0.1, 0.15) is 51.5 Å². The van der Waals surface area contributed by atoms with Crippen molar-refractivity contribution in [3.05, 3.63) is 35.1 Å². The molecular weight excluding hydrogens is 281 g/mol. The van der Waals surface area contributed by atoms with Crippen molar-refractivity contribution in [3.63, 3.8) is 0 Å². The summed E-state index contributed by atoms with van der Waals surface area (Å²) in [5.41, 5.74) is 0.188. The molecular formula is C15H23F3OSi. The maximum absolute atomic E-state index is 13.5. The van der Waals surface area contributed by atoms with Gasteiger partial charge < -0.3 is 4.43 Å². The molecule has 0 unspecified atom stereocenters. The van der Waals surface area contributed by atoms with Gasteiger partial charge >= 0.3 is 0 Å². The van der Waals surface area contributed by atoms with Gasteiger partial charge in [0.05, 0.1) is 5.60 Å². The molecule has 1 aromatic carbocycles. The Morgan fingerprint density at radius 2 is 1.60 bits per heavy atom. The molecule has 0 fully saturated rings. The quantitative estimate of drug-likeness (QED) is 0.404. The molecule has 0 aliphatic heterocycles. The molecule has 0 spiro atoms. The second-order valence-electron chi connectivity index (χ2n) is 5.16. The van der Waals surface area contributed by atoms with E-state index in [1.54, 1.807) is 0 Å². The molecule has 20 heavy (non-hydrogen) atoms. The van der Waals surface area contributed by atoms with Crippen LogP contribution in [0, 0.1) is 17.5 Å². The van der Waals surface area contributed by atoms with Gasteiger partial charge in [-0.1, -0.05) is 20.3 Å². The van der Waals surface area contributed by atoms with Crippen LogP contribution < -0.4 is 0 Å². The minimum Gasteiger partial charge on any atom is -0.422 e. The van der Waals surface area contributed by atoms with E-state index in [0.29, 0.717) is 23.0 Å². The number of hydrogen-bond donors (Lipinski definition) is 0. The average Bonchev–Trinajstić information content (AvgIpc) is 2.45. The highest BCUT2D eigenvalue weighted by atomic mass is 28.2. The standard InChI is InChI=1S/C15H23F3OSi/c1-3-15(4-2,19-20)8-6-5-7-11-9-13(17)14(18)10-12(11)16/h9-10H,3-8H2,1-2,20H3. The van der Waals surface area contributed by atoms with Crippen LogP contribution in [0.25, 0.3) is 0 Å². The van der Waals surface area contributed by atoms with Gasteiger partial charge in [0.25, 0.3) is 0 Å². The van der Waals surface area contributed by atoms with Crippen LogP contribution in [0.4, 0.5) is 13.2 Å². The lowest BCUT2D eigenvalue weighted by Crippen LogP contribution is -2.30. The number of aryl methyl sites for hydroxylation is 1. The lowest BCUT2D eigenvalue weighted by molar-refractivity contribution is 0.0585. The topological polar surface area (TPSA) is 9.23 Å². The van der Waals surface area contributed by atoms with Crippen LogP contribution in [0.2, 0.25) is 0 Å². The third kappa shape index (κ3) is 4.35. The molecule has 1 rings (SSSR count). The predicted octanol–water partition coefficient (Wildman–Crippen LogP) is 3.67. The molecule has 5 heteroatoms. The lowest BCUT2D eigenvalue weighted by atomic mass is 9.90. The normalized spacial score (nSPS) is 12.1. The molecule has 0 bridgehead atoms. The Balaban J connectivity index is 2.51. The first-order valence-electron chi connectivity index (χ1n) is 7.16. The van der Waals surface area contributed by atoms with Crippen molar-refractivity contribution < 1.29 is 17.6 Å². The van der Waals surface area contributed by atoms with Gasteiger partial charge in [0.15, 0.2) is 11.6 Å².